The van der Waals surface area contributed by atoms with Crippen molar-refractivity contribution in [2.75, 3.05) is 26.1 Å². The van der Waals surface area contributed by atoms with Gasteiger partial charge in [-0.15, -0.1) is 0 Å². The fraction of sp³-hybridized carbons (Fsp3) is 0.200. The molecule has 0 unspecified atom stereocenters. The second-order valence-corrected chi connectivity index (χ2v) is 7.77. The second kappa shape index (κ2) is 10.1. The molecule has 3 aromatic rings. The summed E-state index contributed by atoms with van der Waals surface area (Å²) in [7, 11) is 3.10. The third-order valence-electron chi connectivity index (χ3n) is 5.57. The van der Waals surface area contributed by atoms with E-state index in [0.717, 1.165) is 11.1 Å². The first-order valence-corrected chi connectivity index (χ1v) is 10.7. The highest BCUT2D eigenvalue weighted by Crippen LogP contribution is 2.33. The molecule has 4 rings (SSSR count). The number of amides is 2. The van der Waals surface area contributed by atoms with E-state index < -0.39 is 10.8 Å². The Morgan fingerprint density at radius 1 is 1.11 bits per heavy atom. The van der Waals surface area contributed by atoms with E-state index in [1.54, 1.807) is 43.4 Å². The molecule has 0 aliphatic carbocycles. The van der Waals surface area contributed by atoms with Crippen LogP contribution >= 0.6 is 0 Å². The van der Waals surface area contributed by atoms with Crippen LogP contribution in [-0.4, -0.2) is 42.5 Å². The molecule has 1 aliphatic heterocycles. The highest BCUT2D eigenvalue weighted by molar-refractivity contribution is 6.04. The number of nitrogens with zero attached hydrogens (tertiary/aromatic N) is 2. The van der Waals surface area contributed by atoms with E-state index in [4.69, 9.17) is 14.2 Å². The number of fused-ring (bicyclic) bond motifs is 1. The molecular formula is C25H23N3O7. The summed E-state index contributed by atoms with van der Waals surface area (Å²) in [5.74, 6) is 1.07. The third kappa shape index (κ3) is 5.16. The Morgan fingerprint density at radius 2 is 1.89 bits per heavy atom. The third-order valence-corrected chi connectivity index (χ3v) is 5.57. The summed E-state index contributed by atoms with van der Waals surface area (Å²) in [4.78, 5) is 37.3. The van der Waals surface area contributed by atoms with Crippen LogP contribution in [0.5, 0.6) is 17.2 Å². The molecule has 0 bridgehead atoms. The van der Waals surface area contributed by atoms with Crippen LogP contribution < -0.4 is 19.5 Å². The molecule has 0 aromatic heterocycles. The van der Waals surface area contributed by atoms with Crippen LogP contribution in [0.4, 0.5) is 11.4 Å². The van der Waals surface area contributed by atoms with Crippen molar-refractivity contribution in [3.05, 3.63) is 87.5 Å². The number of para-hydroxylation sites is 1. The standard InChI is InChI=1S/C25H23N3O7/c1-33-22-5-3-4-17(24(22)34-2)13-27-14-18-12-19(8-11-21(18)35-15-23(27)29)26-25(30)16-6-9-20(10-7-16)28(31)32/h3-12H,13-15H2,1-2H3,(H,26,30). The molecule has 10 heteroatoms. The summed E-state index contributed by atoms with van der Waals surface area (Å²) in [6.07, 6.45) is 0. The predicted octanol–water partition coefficient (Wildman–Crippen LogP) is 3.79. The van der Waals surface area contributed by atoms with E-state index in [2.05, 4.69) is 5.32 Å². The molecule has 0 saturated heterocycles. The zero-order valence-electron chi connectivity index (χ0n) is 19.1. The van der Waals surface area contributed by atoms with Gasteiger partial charge in [-0.2, -0.15) is 0 Å². The molecule has 0 spiro atoms. The zero-order chi connectivity index (χ0) is 24.9. The summed E-state index contributed by atoms with van der Waals surface area (Å²) in [6, 6.07) is 15.9. The van der Waals surface area contributed by atoms with Crippen LogP contribution in [0.2, 0.25) is 0 Å². The molecular weight excluding hydrogens is 454 g/mol. The number of hydrogen-bond donors (Lipinski definition) is 1. The number of carbonyl (C=O) groups excluding carboxylic acids is 2. The van der Waals surface area contributed by atoms with Crippen LogP contribution in [0.15, 0.2) is 60.7 Å². The fourth-order valence-corrected chi connectivity index (χ4v) is 3.81. The van der Waals surface area contributed by atoms with Crippen molar-refractivity contribution in [2.24, 2.45) is 0 Å². The van der Waals surface area contributed by atoms with Gasteiger partial charge in [0.1, 0.15) is 5.75 Å². The Morgan fingerprint density at radius 3 is 2.57 bits per heavy atom. The topological polar surface area (TPSA) is 120 Å². The lowest BCUT2D eigenvalue weighted by molar-refractivity contribution is -0.384. The van der Waals surface area contributed by atoms with E-state index in [1.807, 2.05) is 12.1 Å². The van der Waals surface area contributed by atoms with Crippen LogP contribution in [-0.2, 0) is 17.9 Å². The Hall–Kier alpha value is -4.60. The van der Waals surface area contributed by atoms with Crippen molar-refractivity contribution >= 4 is 23.2 Å². The van der Waals surface area contributed by atoms with E-state index >= 15 is 0 Å². The largest absolute Gasteiger partial charge is 0.493 e. The van der Waals surface area contributed by atoms with Gasteiger partial charge >= 0.3 is 0 Å². The number of nitrogens with one attached hydrogen (secondary N) is 1. The number of ether oxygens (including phenoxy) is 3. The summed E-state index contributed by atoms with van der Waals surface area (Å²) in [5.41, 5.74) is 2.19. The molecule has 3 aromatic carbocycles. The van der Waals surface area contributed by atoms with Crippen molar-refractivity contribution in [1.29, 1.82) is 0 Å². The lowest BCUT2D eigenvalue weighted by atomic mass is 10.1. The van der Waals surface area contributed by atoms with E-state index in [1.165, 1.54) is 24.3 Å². The fourth-order valence-electron chi connectivity index (χ4n) is 3.81. The first-order valence-electron chi connectivity index (χ1n) is 10.7. The predicted molar refractivity (Wildman–Crippen MR) is 127 cm³/mol. The maximum Gasteiger partial charge on any atom is 0.269 e. The number of benzene rings is 3. The highest BCUT2D eigenvalue weighted by atomic mass is 16.6. The molecule has 1 N–H and O–H groups in total. The first-order chi connectivity index (χ1) is 16.9. The van der Waals surface area contributed by atoms with E-state index in [0.29, 0.717) is 22.9 Å². The molecule has 0 saturated carbocycles. The van der Waals surface area contributed by atoms with Crippen molar-refractivity contribution in [2.45, 2.75) is 13.1 Å². The van der Waals surface area contributed by atoms with Gasteiger partial charge in [-0.3, -0.25) is 19.7 Å². The number of non-ortho nitro benzene ring substituents is 1. The average Bonchev–Trinajstić information content (AvgIpc) is 3.02. The maximum absolute atomic E-state index is 12.8. The van der Waals surface area contributed by atoms with Crippen molar-refractivity contribution in [3.8, 4) is 17.2 Å². The Kier molecular flexibility index (Phi) is 6.81. The molecule has 10 nitrogen and oxygen atoms in total. The highest BCUT2D eigenvalue weighted by Gasteiger charge is 2.24. The number of rotatable bonds is 7. The van der Waals surface area contributed by atoms with Gasteiger partial charge in [0.05, 0.1) is 19.1 Å². The van der Waals surface area contributed by atoms with Gasteiger partial charge < -0.3 is 24.4 Å². The second-order valence-electron chi connectivity index (χ2n) is 7.77. The molecule has 0 atom stereocenters. The smallest absolute Gasteiger partial charge is 0.269 e. The van der Waals surface area contributed by atoms with Gasteiger partial charge in [0.15, 0.2) is 18.1 Å². The van der Waals surface area contributed by atoms with Gasteiger partial charge in [-0.25, -0.2) is 0 Å². The lowest BCUT2D eigenvalue weighted by Crippen LogP contribution is -2.32. The minimum absolute atomic E-state index is 0.0962. The summed E-state index contributed by atoms with van der Waals surface area (Å²) in [6.45, 7) is 0.422. The van der Waals surface area contributed by atoms with Crippen LogP contribution in [0.3, 0.4) is 0 Å². The van der Waals surface area contributed by atoms with Gasteiger partial charge in [-0.05, 0) is 36.4 Å². The molecule has 0 fully saturated rings. The number of hydrogen-bond acceptors (Lipinski definition) is 7. The summed E-state index contributed by atoms with van der Waals surface area (Å²) in [5, 5.41) is 13.6. The quantitative estimate of drug-likeness (QED) is 0.406. The number of methoxy groups -OCH3 is 2. The summed E-state index contributed by atoms with van der Waals surface area (Å²) < 4.78 is 16.5. The van der Waals surface area contributed by atoms with Gasteiger partial charge in [-0.1, -0.05) is 12.1 Å². The number of anilines is 1. The van der Waals surface area contributed by atoms with E-state index in [-0.39, 0.29) is 36.9 Å². The Balaban J connectivity index is 1.54. The van der Waals surface area contributed by atoms with Crippen molar-refractivity contribution < 1.29 is 28.7 Å². The minimum atomic E-state index is -0.525. The lowest BCUT2D eigenvalue weighted by Gasteiger charge is -2.22. The first kappa shape index (κ1) is 23.6. The molecule has 1 heterocycles. The van der Waals surface area contributed by atoms with Gasteiger partial charge in [0.25, 0.3) is 17.5 Å². The number of nitro groups is 1. The molecule has 0 radical (unpaired) electrons. The van der Waals surface area contributed by atoms with Gasteiger partial charge in [0.2, 0.25) is 0 Å². The number of carbonyl (C=O) groups is 2. The molecule has 35 heavy (non-hydrogen) atoms. The van der Waals surface area contributed by atoms with Crippen LogP contribution in [0, 0.1) is 10.1 Å². The van der Waals surface area contributed by atoms with Crippen molar-refractivity contribution in [1.82, 2.24) is 4.90 Å². The normalized spacial score (nSPS) is 12.7. The van der Waals surface area contributed by atoms with Gasteiger partial charge in [0, 0.05) is 47.6 Å². The van der Waals surface area contributed by atoms with Crippen molar-refractivity contribution in [3.63, 3.8) is 0 Å². The monoisotopic (exact) mass is 477 g/mol. The maximum atomic E-state index is 12.8. The molecule has 180 valence electrons. The molecule has 2 amide bonds. The number of nitro benzene ring substituents is 1. The minimum Gasteiger partial charge on any atom is -0.493 e. The zero-order valence-corrected chi connectivity index (χ0v) is 19.1. The Labute approximate surface area is 201 Å². The Bertz CT molecular complexity index is 1270. The average molecular weight is 477 g/mol. The van der Waals surface area contributed by atoms with Crippen LogP contribution in [0.1, 0.15) is 21.5 Å². The van der Waals surface area contributed by atoms with Crippen LogP contribution in [0.25, 0.3) is 0 Å². The molecule has 1 aliphatic rings. The van der Waals surface area contributed by atoms with E-state index in [9.17, 15) is 19.7 Å². The summed E-state index contributed by atoms with van der Waals surface area (Å²) >= 11 is 0. The SMILES string of the molecule is COc1cccc(CN2Cc3cc(NC(=O)c4ccc([N+](=O)[O-])cc4)ccc3OCC2=O)c1OC.